The van der Waals surface area contributed by atoms with Crippen molar-refractivity contribution < 1.29 is 13.5 Å². The lowest BCUT2D eigenvalue weighted by molar-refractivity contribution is -0.107. The highest BCUT2D eigenvalue weighted by Gasteiger charge is 2.43. The lowest BCUT2D eigenvalue weighted by Crippen LogP contribution is -2.48. The topological polar surface area (TPSA) is 21.3 Å². The van der Waals surface area contributed by atoms with Crippen LogP contribution in [0.3, 0.4) is 0 Å². The summed E-state index contributed by atoms with van der Waals surface area (Å²) in [6.07, 6.45) is 3.81. The van der Waals surface area contributed by atoms with Gasteiger partial charge in [-0.1, -0.05) is 19.8 Å². The molecule has 17 heavy (non-hydrogen) atoms. The maximum Gasteiger partial charge on any atom is 0.253 e. The molecule has 0 aromatic rings. The molecule has 1 heterocycles. The van der Waals surface area contributed by atoms with Crippen molar-refractivity contribution in [1.82, 2.24) is 5.32 Å². The maximum absolute atomic E-state index is 13.0. The predicted molar refractivity (Wildman–Crippen MR) is 63.3 cm³/mol. The second-order valence-electron chi connectivity index (χ2n) is 5.41. The first-order valence-corrected chi connectivity index (χ1v) is 6.82. The first-order valence-electron chi connectivity index (χ1n) is 6.82. The van der Waals surface area contributed by atoms with Crippen LogP contribution in [0.25, 0.3) is 0 Å². The van der Waals surface area contributed by atoms with Crippen molar-refractivity contribution in [3.05, 3.63) is 0 Å². The zero-order valence-corrected chi connectivity index (χ0v) is 10.6. The standard InChI is InChI=1S/C13H23F2NO/c1-2-16-11(12(14)15)10-5-8-17-13(9-10)6-3-4-7-13/h10-12,16H,2-9H2,1H3. The average Bonchev–Trinajstić information content (AvgIpc) is 2.73. The molecule has 0 amide bonds. The lowest BCUT2D eigenvalue weighted by atomic mass is 9.80. The Hall–Kier alpha value is -0.220. The summed E-state index contributed by atoms with van der Waals surface area (Å²) in [5, 5.41) is 2.95. The molecule has 100 valence electrons. The van der Waals surface area contributed by atoms with Gasteiger partial charge in [-0.05, 0) is 38.1 Å². The second-order valence-corrected chi connectivity index (χ2v) is 5.41. The molecule has 1 saturated carbocycles. The smallest absolute Gasteiger partial charge is 0.253 e. The van der Waals surface area contributed by atoms with Crippen molar-refractivity contribution in [1.29, 1.82) is 0 Å². The molecule has 1 spiro atoms. The number of hydrogen-bond donors (Lipinski definition) is 1. The summed E-state index contributed by atoms with van der Waals surface area (Å²) in [6.45, 7) is 3.15. The van der Waals surface area contributed by atoms with Crippen LogP contribution in [0.2, 0.25) is 0 Å². The van der Waals surface area contributed by atoms with Crippen LogP contribution in [0.1, 0.15) is 45.4 Å². The number of nitrogens with one attached hydrogen (secondary N) is 1. The molecule has 0 aromatic heterocycles. The molecule has 1 aliphatic carbocycles. The first-order chi connectivity index (χ1) is 8.17. The van der Waals surface area contributed by atoms with Crippen molar-refractivity contribution in [3.63, 3.8) is 0 Å². The summed E-state index contributed by atoms with van der Waals surface area (Å²) in [4.78, 5) is 0. The molecule has 0 aromatic carbocycles. The molecule has 2 nitrogen and oxygen atoms in total. The van der Waals surface area contributed by atoms with Crippen LogP contribution in [0.4, 0.5) is 8.78 Å². The van der Waals surface area contributed by atoms with E-state index in [1.54, 1.807) is 0 Å². The molecule has 2 aliphatic rings. The molecule has 2 rings (SSSR count). The van der Waals surface area contributed by atoms with Crippen LogP contribution in [0.15, 0.2) is 0 Å². The summed E-state index contributed by atoms with van der Waals surface area (Å²) >= 11 is 0. The van der Waals surface area contributed by atoms with Crippen LogP contribution in [-0.2, 0) is 4.74 Å². The number of ether oxygens (including phenoxy) is 1. The van der Waals surface area contributed by atoms with Crippen LogP contribution < -0.4 is 5.32 Å². The van der Waals surface area contributed by atoms with Crippen LogP contribution in [0.5, 0.6) is 0 Å². The van der Waals surface area contributed by atoms with Gasteiger partial charge in [0.05, 0.1) is 11.6 Å². The molecule has 2 fully saturated rings. The van der Waals surface area contributed by atoms with Gasteiger partial charge in [-0.2, -0.15) is 0 Å². The Morgan fingerprint density at radius 2 is 2.06 bits per heavy atom. The summed E-state index contributed by atoms with van der Waals surface area (Å²) in [5.41, 5.74) is -0.0640. The normalized spacial score (nSPS) is 30.0. The van der Waals surface area contributed by atoms with Crippen molar-refractivity contribution in [2.75, 3.05) is 13.2 Å². The minimum Gasteiger partial charge on any atom is -0.375 e. The third kappa shape index (κ3) is 2.97. The molecule has 1 saturated heterocycles. The molecule has 1 N–H and O–H groups in total. The van der Waals surface area contributed by atoms with E-state index < -0.39 is 12.5 Å². The summed E-state index contributed by atoms with van der Waals surface area (Å²) in [5.74, 6) is 0.0711. The summed E-state index contributed by atoms with van der Waals surface area (Å²) in [6, 6.07) is -0.652. The maximum atomic E-state index is 13.0. The van der Waals surface area contributed by atoms with Crippen molar-refractivity contribution >= 4 is 0 Å². The van der Waals surface area contributed by atoms with E-state index in [1.807, 2.05) is 6.92 Å². The van der Waals surface area contributed by atoms with E-state index >= 15 is 0 Å². The Kier molecular flexibility index (Phi) is 4.36. The van der Waals surface area contributed by atoms with Gasteiger partial charge >= 0.3 is 0 Å². The zero-order valence-electron chi connectivity index (χ0n) is 10.6. The lowest BCUT2D eigenvalue weighted by Gasteiger charge is -2.41. The van der Waals surface area contributed by atoms with Gasteiger partial charge in [-0.25, -0.2) is 8.78 Å². The van der Waals surface area contributed by atoms with Gasteiger partial charge in [-0.3, -0.25) is 0 Å². The van der Waals surface area contributed by atoms with Crippen molar-refractivity contribution in [2.45, 2.75) is 63.5 Å². The van der Waals surface area contributed by atoms with E-state index in [-0.39, 0.29) is 11.5 Å². The zero-order chi connectivity index (χ0) is 12.3. The van der Waals surface area contributed by atoms with Crippen LogP contribution in [0, 0.1) is 5.92 Å². The van der Waals surface area contributed by atoms with E-state index in [0.29, 0.717) is 13.2 Å². The van der Waals surface area contributed by atoms with Gasteiger partial charge in [0.25, 0.3) is 6.43 Å². The Labute approximate surface area is 102 Å². The fraction of sp³-hybridized carbons (Fsp3) is 1.00. The molecule has 0 radical (unpaired) electrons. The molecular weight excluding hydrogens is 224 g/mol. The van der Waals surface area contributed by atoms with Crippen LogP contribution in [-0.4, -0.2) is 31.2 Å². The van der Waals surface area contributed by atoms with Crippen molar-refractivity contribution in [3.8, 4) is 0 Å². The monoisotopic (exact) mass is 247 g/mol. The molecule has 1 aliphatic heterocycles. The second kappa shape index (κ2) is 5.61. The van der Waals surface area contributed by atoms with Gasteiger partial charge in [0.15, 0.2) is 0 Å². The molecule has 2 atom stereocenters. The quantitative estimate of drug-likeness (QED) is 0.824. The molecular formula is C13H23F2NO. The van der Waals surface area contributed by atoms with Crippen LogP contribution >= 0.6 is 0 Å². The Balaban J connectivity index is 1.99. The van der Waals surface area contributed by atoms with Gasteiger partial charge in [-0.15, -0.1) is 0 Å². The molecule has 2 unspecified atom stereocenters. The van der Waals surface area contributed by atoms with E-state index in [9.17, 15) is 8.78 Å². The number of alkyl halides is 2. The van der Waals surface area contributed by atoms with E-state index in [1.165, 1.54) is 12.8 Å². The average molecular weight is 247 g/mol. The van der Waals surface area contributed by atoms with E-state index in [2.05, 4.69) is 5.32 Å². The summed E-state index contributed by atoms with van der Waals surface area (Å²) in [7, 11) is 0. The highest BCUT2D eigenvalue weighted by atomic mass is 19.3. The largest absolute Gasteiger partial charge is 0.375 e. The minimum atomic E-state index is -2.27. The Morgan fingerprint density at radius 1 is 1.35 bits per heavy atom. The van der Waals surface area contributed by atoms with Crippen molar-refractivity contribution in [2.24, 2.45) is 5.92 Å². The molecule has 4 heteroatoms. The first kappa shape index (κ1) is 13.2. The third-order valence-electron chi connectivity index (χ3n) is 4.27. The Morgan fingerprint density at radius 3 is 2.65 bits per heavy atom. The van der Waals surface area contributed by atoms with E-state index in [4.69, 9.17) is 4.74 Å². The molecule has 0 bridgehead atoms. The fourth-order valence-electron chi connectivity index (χ4n) is 3.44. The highest BCUT2D eigenvalue weighted by molar-refractivity contribution is 4.94. The Bertz CT molecular complexity index is 242. The summed E-state index contributed by atoms with van der Waals surface area (Å²) < 4.78 is 32.0. The van der Waals surface area contributed by atoms with Gasteiger partial charge in [0.2, 0.25) is 0 Å². The SMILES string of the molecule is CCNC(C(F)F)C1CCOC2(CCCC2)C1. The van der Waals surface area contributed by atoms with Gasteiger partial charge in [0, 0.05) is 6.61 Å². The predicted octanol–water partition coefficient (Wildman–Crippen LogP) is 2.97. The number of hydrogen-bond acceptors (Lipinski definition) is 2. The number of halogens is 2. The minimum absolute atomic E-state index is 0.0640. The fourth-order valence-corrected chi connectivity index (χ4v) is 3.44. The highest BCUT2D eigenvalue weighted by Crippen LogP contribution is 2.43. The number of rotatable bonds is 4. The van der Waals surface area contributed by atoms with Gasteiger partial charge in [0.1, 0.15) is 0 Å². The third-order valence-corrected chi connectivity index (χ3v) is 4.27. The van der Waals surface area contributed by atoms with E-state index in [0.717, 1.165) is 25.7 Å². The van der Waals surface area contributed by atoms with Gasteiger partial charge < -0.3 is 10.1 Å².